The van der Waals surface area contributed by atoms with Crippen LogP contribution in [0, 0.1) is 0 Å². The van der Waals surface area contributed by atoms with Crippen LogP contribution >= 0.6 is 22.9 Å². The minimum atomic E-state index is -3.64. The first-order valence-electron chi connectivity index (χ1n) is 5.08. The monoisotopic (exact) mass is 302 g/mol. The minimum Gasteiger partial charge on any atom is -0.326 e. The van der Waals surface area contributed by atoms with Crippen molar-refractivity contribution in [3.05, 3.63) is 45.6 Å². The van der Waals surface area contributed by atoms with Gasteiger partial charge < -0.3 is 5.73 Å². The van der Waals surface area contributed by atoms with Crippen molar-refractivity contribution in [3.63, 3.8) is 0 Å². The van der Waals surface area contributed by atoms with Crippen LogP contribution in [0.2, 0.25) is 5.02 Å². The summed E-state index contributed by atoms with van der Waals surface area (Å²) < 4.78 is 26.8. The molecule has 0 unspecified atom stereocenters. The van der Waals surface area contributed by atoms with E-state index in [9.17, 15) is 8.42 Å². The summed E-state index contributed by atoms with van der Waals surface area (Å²) in [6.07, 6.45) is 0. The number of benzene rings is 1. The van der Waals surface area contributed by atoms with Crippen molar-refractivity contribution >= 4 is 38.6 Å². The average Bonchev–Trinajstić information content (AvgIpc) is 2.81. The third kappa shape index (κ3) is 2.67. The fourth-order valence-electron chi connectivity index (χ4n) is 1.46. The van der Waals surface area contributed by atoms with Crippen LogP contribution < -0.4 is 10.5 Å². The molecule has 4 nitrogen and oxygen atoms in total. The number of hydrogen-bond acceptors (Lipinski definition) is 4. The summed E-state index contributed by atoms with van der Waals surface area (Å²) in [5, 5.41) is 2.05. The Bertz CT molecular complexity index is 653. The van der Waals surface area contributed by atoms with Gasteiger partial charge in [0.05, 0.1) is 10.7 Å². The number of sulfonamides is 1. The average molecular weight is 303 g/mol. The Balaban J connectivity index is 2.37. The SMILES string of the molecule is NCc1sccc1S(=O)(=O)Nc1ccccc1Cl. The van der Waals surface area contributed by atoms with Crippen LogP contribution in [0.5, 0.6) is 0 Å². The number of nitrogens with two attached hydrogens (primary N) is 1. The highest BCUT2D eigenvalue weighted by Gasteiger charge is 2.19. The first-order chi connectivity index (χ1) is 8.54. The maximum absolute atomic E-state index is 12.2. The number of rotatable bonds is 4. The molecule has 0 spiro atoms. The number of anilines is 1. The van der Waals surface area contributed by atoms with Crippen LogP contribution in [0.4, 0.5) is 5.69 Å². The normalized spacial score (nSPS) is 11.4. The number of halogens is 1. The summed E-state index contributed by atoms with van der Waals surface area (Å²) in [7, 11) is -3.64. The zero-order valence-corrected chi connectivity index (χ0v) is 11.6. The molecule has 0 aliphatic carbocycles. The molecular weight excluding hydrogens is 292 g/mol. The van der Waals surface area contributed by atoms with Gasteiger partial charge in [-0.1, -0.05) is 23.7 Å². The molecular formula is C11H11ClN2O2S2. The van der Waals surface area contributed by atoms with Gasteiger partial charge in [-0.25, -0.2) is 8.42 Å². The first-order valence-corrected chi connectivity index (χ1v) is 7.82. The fourth-order valence-corrected chi connectivity index (χ4v) is 4.12. The van der Waals surface area contributed by atoms with Gasteiger partial charge in [-0.2, -0.15) is 0 Å². The molecule has 0 aliphatic rings. The van der Waals surface area contributed by atoms with Crippen molar-refractivity contribution in [1.29, 1.82) is 0 Å². The Hall–Kier alpha value is -1.08. The molecule has 0 saturated carbocycles. The molecule has 96 valence electrons. The van der Waals surface area contributed by atoms with Crippen molar-refractivity contribution in [2.24, 2.45) is 5.73 Å². The van der Waals surface area contributed by atoms with Crippen LogP contribution in [0.1, 0.15) is 4.88 Å². The zero-order valence-electron chi connectivity index (χ0n) is 9.26. The van der Waals surface area contributed by atoms with E-state index in [2.05, 4.69) is 4.72 Å². The molecule has 0 saturated heterocycles. The van der Waals surface area contributed by atoms with Crippen molar-refractivity contribution in [3.8, 4) is 0 Å². The summed E-state index contributed by atoms with van der Waals surface area (Å²) in [5.41, 5.74) is 5.86. The van der Waals surface area contributed by atoms with E-state index in [-0.39, 0.29) is 11.4 Å². The summed E-state index contributed by atoms with van der Waals surface area (Å²) >= 11 is 7.23. The van der Waals surface area contributed by atoms with Crippen LogP contribution in [0.3, 0.4) is 0 Å². The summed E-state index contributed by atoms with van der Waals surface area (Å²) in [5.74, 6) is 0. The number of thiophene rings is 1. The predicted octanol–water partition coefficient (Wildman–Crippen LogP) is 2.66. The van der Waals surface area contributed by atoms with Crippen LogP contribution in [0.15, 0.2) is 40.6 Å². The van der Waals surface area contributed by atoms with E-state index in [0.29, 0.717) is 15.6 Å². The second-order valence-corrected chi connectivity index (χ2v) is 6.56. The van der Waals surface area contributed by atoms with Gasteiger partial charge in [0, 0.05) is 11.4 Å². The van der Waals surface area contributed by atoms with Crippen molar-refractivity contribution in [2.75, 3.05) is 4.72 Å². The maximum atomic E-state index is 12.2. The largest absolute Gasteiger partial charge is 0.326 e. The highest BCUT2D eigenvalue weighted by Crippen LogP contribution is 2.27. The second kappa shape index (κ2) is 5.27. The Kier molecular flexibility index (Phi) is 3.91. The lowest BCUT2D eigenvalue weighted by molar-refractivity contribution is 0.600. The summed E-state index contributed by atoms with van der Waals surface area (Å²) in [4.78, 5) is 0.824. The molecule has 1 heterocycles. The summed E-state index contributed by atoms with van der Waals surface area (Å²) in [6.45, 7) is 0.191. The zero-order chi connectivity index (χ0) is 13.2. The van der Waals surface area contributed by atoms with Gasteiger partial charge in [0.2, 0.25) is 0 Å². The molecule has 7 heteroatoms. The molecule has 2 rings (SSSR count). The molecule has 1 aromatic carbocycles. The van der Waals surface area contributed by atoms with Crippen LogP contribution in [-0.4, -0.2) is 8.42 Å². The Labute approximate surface area is 114 Å². The highest BCUT2D eigenvalue weighted by molar-refractivity contribution is 7.93. The minimum absolute atomic E-state index is 0.191. The molecule has 0 bridgehead atoms. The van der Waals surface area contributed by atoms with Gasteiger partial charge >= 0.3 is 0 Å². The molecule has 1 aromatic heterocycles. The van der Waals surface area contributed by atoms with E-state index in [0.717, 1.165) is 0 Å². The van der Waals surface area contributed by atoms with Crippen LogP contribution in [-0.2, 0) is 16.6 Å². The smallest absolute Gasteiger partial charge is 0.263 e. The topological polar surface area (TPSA) is 72.2 Å². The van der Waals surface area contributed by atoms with E-state index >= 15 is 0 Å². The number of nitrogens with one attached hydrogen (secondary N) is 1. The second-order valence-electron chi connectivity index (χ2n) is 3.50. The highest BCUT2D eigenvalue weighted by atomic mass is 35.5. The lowest BCUT2D eigenvalue weighted by Gasteiger charge is -2.09. The Morgan fingerprint density at radius 3 is 2.67 bits per heavy atom. The van der Waals surface area contributed by atoms with E-state index in [1.807, 2.05) is 0 Å². The third-order valence-electron chi connectivity index (χ3n) is 2.30. The van der Waals surface area contributed by atoms with Crippen LogP contribution in [0.25, 0.3) is 0 Å². The van der Waals surface area contributed by atoms with Crippen molar-refractivity contribution in [1.82, 2.24) is 0 Å². The third-order valence-corrected chi connectivity index (χ3v) is 5.15. The van der Waals surface area contributed by atoms with Gasteiger partial charge in [0.25, 0.3) is 10.0 Å². The molecule has 0 amide bonds. The van der Waals surface area contributed by atoms with Gasteiger partial charge in [0.1, 0.15) is 4.90 Å². The van der Waals surface area contributed by atoms with Crippen molar-refractivity contribution in [2.45, 2.75) is 11.4 Å². The lowest BCUT2D eigenvalue weighted by Crippen LogP contribution is -2.14. The number of hydrogen-bond donors (Lipinski definition) is 2. The Morgan fingerprint density at radius 2 is 2.00 bits per heavy atom. The molecule has 2 aromatic rings. The van der Waals surface area contributed by atoms with E-state index in [1.54, 1.807) is 29.6 Å². The first kappa shape index (κ1) is 13.4. The molecule has 0 radical (unpaired) electrons. The maximum Gasteiger partial charge on any atom is 0.263 e. The van der Waals surface area contributed by atoms with Crippen molar-refractivity contribution < 1.29 is 8.42 Å². The molecule has 0 fully saturated rings. The fraction of sp³-hybridized carbons (Fsp3) is 0.0909. The Morgan fingerprint density at radius 1 is 1.28 bits per heavy atom. The summed E-state index contributed by atoms with van der Waals surface area (Å²) in [6, 6.07) is 8.20. The molecule has 18 heavy (non-hydrogen) atoms. The van der Waals surface area contributed by atoms with Gasteiger partial charge in [-0.15, -0.1) is 11.3 Å². The van der Waals surface area contributed by atoms with E-state index in [1.165, 1.54) is 17.4 Å². The number of para-hydroxylation sites is 1. The molecule has 0 atom stereocenters. The standard InChI is InChI=1S/C11H11ClN2O2S2/c12-8-3-1-2-4-9(8)14-18(15,16)11-5-6-17-10(11)7-13/h1-6,14H,7,13H2. The molecule has 0 aliphatic heterocycles. The predicted molar refractivity (Wildman–Crippen MR) is 74.5 cm³/mol. The van der Waals surface area contributed by atoms with Gasteiger partial charge in [-0.05, 0) is 23.6 Å². The van der Waals surface area contributed by atoms with E-state index < -0.39 is 10.0 Å². The lowest BCUT2D eigenvalue weighted by atomic mass is 10.3. The molecule has 3 N–H and O–H groups in total. The van der Waals surface area contributed by atoms with Gasteiger partial charge in [-0.3, -0.25) is 4.72 Å². The van der Waals surface area contributed by atoms with Gasteiger partial charge in [0.15, 0.2) is 0 Å². The quantitative estimate of drug-likeness (QED) is 0.912. The van der Waals surface area contributed by atoms with E-state index in [4.69, 9.17) is 17.3 Å².